The molecule has 5 unspecified atom stereocenters. The molecule has 168 valence electrons. The number of aliphatic imine (C=N–C) groups is 1. The van der Waals surface area contributed by atoms with Crippen LogP contribution in [0.15, 0.2) is 29.4 Å². The molecule has 1 saturated carbocycles. The highest BCUT2D eigenvalue weighted by Gasteiger charge is 2.52. The number of nitrogens with zero attached hydrogens (tertiary/aromatic N) is 3. The number of allylic oxidation sites excluding steroid dienone is 2. The van der Waals surface area contributed by atoms with E-state index >= 15 is 0 Å². The van der Waals surface area contributed by atoms with Gasteiger partial charge in [0.2, 0.25) is 0 Å². The molecule has 0 amide bonds. The van der Waals surface area contributed by atoms with Gasteiger partial charge in [-0.3, -0.25) is 4.99 Å². The second-order valence-corrected chi connectivity index (χ2v) is 9.56. The van der Waals surface area contributed by atoms with Gasteiger partial charge in [0.1, 0.15) is 18.0 Å². The van der Waals surface area contributed by atoms with Gasteiger partial charge in [-0.25, -0.2) is 13.8 Å². The van der Waals surface area contributed by atoms with E-state index in [2.05, 4.69) is 9.88 Å². The molecule has 0 N–H and O–H groups in total. The average molecular weight is 439 g/mol. The Morgan fingerprint density at radius 1 is 1.16 bits per heavy atom. The number of fused-ring (bicyclic) bond motifs is 1. The number of pyridine rings is 1. The number of alkyl halides is 5. The zero-order valence-corrected chi connectivity index (χ0v) is 17.4. The Morgan fingerprint density at radius 2 is 1.94 bits per heavy atom. The number of piperidine rings is 1. The summed E-state index contributed by atoms with van der Waals surface area (Å²) in [6.07, 6.45) is 0.467. The summed E-state index contributed by atoms with van der Waals surface area (Å²) >= 11 is 0. The Kier molecular flexibility index (Phi) is 4.90. The lowest BCUT2D eigenvalue weighted by molar-refractivity contribution is -0.141. The Morgan fingerprint density at radius 3 is 2.61 bits per heavy atom. The molecule has 5 rings (SSSR count). The van der Waals surface area contributed by atoms with E-state index in [1.54, 1.807) is 13.0 Å². The first kappa shape index (κ1) is 20.9. The summed E-state index contributed by atoms with van der Waals surface area (Å²) in [4.78, 5) is 10.6. The number of aromatic nitrogens is 1. The summed E-state index contributed by atoms with van der Waals surface area (Å²) in [5.74, 6) is 0.216. The van der Waals surface area contributed by atoms with Crippen LogP contribution in [0.2, 0.25) is 0 Å². The van der Waals surface area contributed by atoms with Gasteiger partial charge in [-0.2, -0.15) is 13.2 Å². The van der Waals surface area contributed by atoms with Gasteiger partial charge in [0.15, 0.2) is 0 Å². The summed E-state index contributed by atoms with van der Waals surface area (Å²) in [6.45, 7) is 2.88. The fourth-order valence-electron chi connectivity index (χ4n) is 5.38. The Labute approximate surface area is 178 Å². The van der Waals surface area contributed by atoms with Gasteiger partial charge < -0.3 is 4.90 Å². The van der Waals surface area contributed by atoms with E-state index in [1.165, 1.54) is 18.3 Å². The average Bonchev–Trinajstić information content (AvgIpc) is 3.48. The van der Waals surface area contributed by atoms with E-state index < -0.39 is 35.7 Å². The standard InChI is InChI=1S/C23H26F5N3/c1-22(18(24)3-2-4-19(22)25)20-9-14-12-31(8-7-16(14)30-20)17-11-29-21(23(26,27)28)10-15(17)13-5-6-13/h2-3,10-11,13-14,18-20H,4-9,12H2,1H3. The maximum atomic E-state index is 14.8. The van der Waals surface area contributed by atoms with Crippen molar-refractivity contribution in [2.45, 2.75) is 69.5 Å². The van der Waals surface area contributed by atoms with Crippen LogP contribution in [-0.2, 0) is 6.18 Å². The zero-order chi connectivity index (χ0) is 22.0. The molecule has 1 saturated heterocycles. The Hall–Kier alpha value is -1.99. The van der Waals surface area contributed by atoms with Crippen molar-refractivity contribution in [2.75, 3.05) is 18.0 Å². The second kappa shape index (κ2) is 7.27. The van der Waals surface area contributed by atoms with Crippen molar-refractivity contribution in [1.29, 1.82) is 0 Å². The molecule has 0 radical (unpaired) electrons. The highest BCUT2D eigenvalue weighted by Crippen LogP contribution is 2.49. The predicted molar refractivity (Wildman–Crippen MR) is 109 cm³/mol. The largest absolute Gasteiger partial charge is 0.433 e. The van der Waals surface area contributed by atoms with Crippen molar-refractivity contribution in [3.05, 3.63) is 35.7 Å². The maximum absolute atomic E-state index is 14.8. The molecule has 2 aliphatic carbocycles. The summed E-state index contributed by atoms with van der Waals surface area (Å²) in [6, 6.07) is 0.779. The van der Waals surface area contributed by atoms with Crippen LogP contribution >= 0.6 is 0 Å². The normalized spacial score (nSPS) is 35.8. The van der Waals surface area contributed by atoms with Crippen LogP contribution in [0.1, 0.15) is 56.2 Å². The molecule has 0 spiro atoms. The molecule has 3 nitrogen and oxygen atoms in total. The molecule has 0 aromatic carbocycles. The fourth-order valence-corrected chi connectivity index (χ4v) is 5.38. The number of halogens is 5. The van der Waals surface area contributed by atoms with Gasteiger partial charge in [0.05, 0.1) is 23.3 Å². The quantitative estimate of drug-likeness (QED) is 0.449. The van der Waals surface area contributed by atoms with Gasteiger partial charge in [-0.1, -0.05) is 19.1 Å². The minimum absolute atomic E-state index is 0.0650. The van der Waals surface area contributed by atoms with E-state index in [0.29, 0.717) is 31.5 Å². The molecule has 4 aliphatic rings. The number of anilines is 1. The van der Waals surface area contributed by atoms with Crippen molar-refractivity contribution < 1.29 is 22.0 Å². The van der Waals surface area contributed by atoms with E-state index in [0.717, 1.165) is 24.2 Å². The summed E-state index contributed by atoms with van der Waals surface area (Å²) in [7, 11) is 0. The van der Waals surface area contributed by atoms with E-state index in [1.807, 2.05) is 0 Å². The third-order valence-corrected chi connectivity index (χ3v) is 7.58. The van der Waals surface area contributed by atoms with Gasteiger partial charge in [-0.05, 0) is 43.2 Å². The van der Waals surface area contributed by atoms with E-state index in [4.69, 9.17) is 4.99 Å². The molecule has 1 aromatic heterocycles. The Balaban J connectivity index is 1.37. The molecule has 2 fully saturated rings. The first-order valence-electron chi connectivity index (χ1n) is 11.0. The van der Waals surface area contributed by atoms with Crippen LogP contribution in [0.5, 0.6) is 0 Å². The number of hydrogen-bond donors (Lipinski definition) is 0. The molecule has 1 aromatic rings. The minimum atomic E-state index is -4.46. The van der Waals surface area contributed by atoms with Gasteiger partial charge in [0.25, 0.3) is 0 Å². The van der Waals surface area contributed by atoms with Crippen LogP contribution in [-0.4, -0.2) is 42.2 Å². The van der Waals surface area contributed by atoms with Crippen molar-refractivity contribution in [1.82, 2.24) is 4.98 Å². The van der Waals surface area contributed by atoms with Gasteiger partial charge in [0, 0.05) is 31.1 Å². The van der Waals surface area contributed by atoms with Crippen molar-refractivity contribution in [3.63, 3.8) is 0 Å². The van der Waals surface area contributed by atoms with Crippen LogP contribution in [0.4, 0.5) is 27.6 Å². The molecule has 31 heavy (non-hydrogen) atoms. The molecule has 5 atom stereocenters. The third kappa shape index (κ3) is 3.55. The second-order valence-electron chi connectivity index (χ2n) is 9.56. The van der Waals surface area contributed by atoms with E-state index in [-0.39, 0.29) is 18.3 Å². The maximum Gasteiger partial charge on any atom is 0.433 e. The lowest BCUT2D eigenvalue weighted by Crippen LogP contribution is -2.48. The summed E-state index contributed by atoms with van der Waals surface area (Å²) in [5.41, 5.74) is 0.452. The predicted octanol–water partition coefficient (Wildman–Crippen LogP) is 5.66. The monoisotopic (exact) mass is 439 g/mol. The Bertz CT molecular complexity index is 922. The molecule has 8 heteroatoms. The highest BCUT2D eigenvalue weighted by molar-refractivity contribution is 5.91. The third-order valence-electron chi connectivity index (χ3n) is 7.58. The van der Waals surface area contributed by atoms with Crippen LogP contribution < -0.4 is 4.90 Å². The number of rotatable bonds is 3. The molecular weight excluding hydrogens is 413 g/mol. The van der Waals surface area contributed by atoms with Gasteiger partial charge in [-0.15, -0.1) is 0 Å². The topological polar surface area (TPSA) is 28.5 Å². The smallest absolute Gasteiger partial charge is 0.369 e. The molecule has 2 aliphatic heterocycles. The SMILES string of the molecule is CC1(C2CC3CN(c4cnc(C(F)(F)F)cc4C4CC4)CCC3=N2)C(F)C=CCC1F. The molecule has 3 heterocycles. The lowest BCUT2D eigenvalue weighted by Gasteiger charge is -2.40. The summed E-state index contributed by atoms with van der Waals surface area (Å²) in [5, 5.41) is 0. The fraction of sp³-hybridized carbons (Fsp3) is 0.652. The lowest BCUT2D eigenvalue weighted by atomic mass is 9.69. The zero-order valence-electron chi connectivity index (χ0n) is 17.4. The van der Waals surface area contributed by atoms with Crippen molar-refractivity contribution >= 4 is 11.4 Å². The first-order chi connectivity index (χ1) is 14.7. The van der Waals surface area contributed by atoms with Crippen molar-refractivity contribution in [2.24, 2.45) is 16.3 Å². The number of hydrogen-bond acceptors (Lipinski definition) is 3. The van der Waals surface area contributed by atoms with Crippen LogP contribution in [0.25, 0.3) is 0 Å². The molecular formula is C23H26F5N3. The first-order valence-corrected chi connectivity index (χ1v) is 11.0. The van der Waals surface area contributed by atoms with Crippen molar-refractivity contribution in [3.8, 4) is 0 Å². The minimum Gasteiger partial charge on any atom is -0.369 e. The van der Waals surface area contributed by atoms with Crippen LogP contribution in [0.3, 0.4) is 0 Å². The van der Waals surface area contributed by atoms with Crippen LogP contribution in [0, 0.1) is 11.3 Å². The van der Waals surface area contributed by atoms with Gasteiger partial charge >= 0.3 is 6.18 Å². The van der Waals surface area contributed by atoms with E-state index in [9.17, 15) is 22.0 Å². The summed E-state index contributed by atoms with van der Waals surface area (Å²) < 4.78 is 69.0. The molecule has 0 bridgehead atoms. The highest BCUT2D eigenvalue weighted by atomic mass is 19.4.